The summed E-state index contributed by atoms with van der Waals surface area (Å²) in [5, 5.41) is 32.2. The van der Waals surface area contributed by atoms with Gasteiger partial charge in [-0.05, 0) is 121 Å². The maximum Gasteiger partial charge on any atom is 1.00 e. The second kappa shape index (κ2) is 33.3. The van der Waals surface area contributed by atoms with Gasteiger partial charge in [0.15, 0.2) is 54.2 Å². The average Bonchev–Trinajstić information content (AvgIpc) is 1.88. The fourth-order valence-electron chi connectivity index (χ4n) is 8.54. The first-order chi connectivity index (χ1) is 39.1. The molecular formula is C69H127BrO11PSi5+. The van der Waals surface area contributed by atoms with Crippen LogP contribution < -0.4 is 15.9 Å². The van der Waals surface area contributed by atoms with Gasteiger partial charge >= 0.3 is 1.43 Å². The van der Waals surface area contributed by atoms with E-state index in [1.54, 1.807) is 6.92 Å². The average molecular weight is 1380 g/mol. The van der Waals surface area contributed by atoms with Gasteiger partial charge in [-0.25, -0.2) is 0 Å². The molecule has 3 aromatic carbocycles. The largest absolute Gasteiger partial charge is 1.00 e. The van der Waals surface area contributed by atoms with Crippen molar-refractivity contribution >= 4 is 82.4 Å². The molecule has 2 saturated heterocycles. The fraction of sp³-hybridized carbons (Fsp3) is 0.710. The summed E-state index contributed by atoms with van der Waals surface area (Å²) in [6.07, 6.45) is 3.07. The minimum absolute atomic E-state index is 0. The van der Waals surface area contributed by atoms with Crippen molar-refractivity contribution in [1.82, 2.24) is 0 Å². The minimum atomic E-state index is -1.96. The SMILES string of the molecule is Br.CC1C(CO[Si](C)(C)C(C)(C)C)OC(O[Si](C)(C)C(C)(C)C)CC1O[Si](C)(C)C(C)(C)C.CC1C(O)CC(O)OC1CO.CC1C(O[Si](C)(C)C(C)(C)C)C=COC1CO[Si](C)(C)C(C)(C)C.[H+].c1ccc(P(c2ccccc2)c2ccccc2)cc1. The van der Waals surface area contributed by atoms with E-state index in [0.29, 0.717) is 19.1 Å². The smallest absolute Gasteiger partial charge is 0.496 e. The van der Waals surface area contributed by atoms with Crippen molar-refractivity contribution < 1.29 is 53.1 Å². The highest BCUT2D eigenvalue weighted by atomic mass is 79.9. The van der Waals surface area contributed by atoms with Gasteiger partial charge in [0, 0.05) is 30.6 Å². The maximum absolute atomic E-state index is 9.30. The zero-order valence-corrected chi connectivity index (χ0v) is 67.3. The molecule has 3 aliphatic rings. The highest BCUT2D eigenvalue weighted by Crippen LogP contribution is 2.45. The van der Waals surface area contributed by atoms with E-state index in [9.17, 15) is 5.11 Å². The Hall–Kier alpha value is -1.21. The van der Waals surface area contributed by atoms with E-state index in [-0.39, 0.29) is 99.2 Å². The van der Waals surface area contributed by atoms with Crippen LogP contribution in [0.3, 0.4) is 0 Å². The van der Waals surface area contributed by atoms with E-state index in [4.69, 9.17) is 46.6 Å². The van der Waals surface area contributed by atoms with Gasteiger partial charge in [-0.15, -0.1) is 17.0 Å². The molecule has 0 radical (unpaired) electrons. The number of benzene rings is 3. The van der Waals surface area contributed by atoms with Crippen LogP contribution in [0.25, 0.3) is 0 Å². The van der Waals surface area contributed by atoms with Crippen molar-refractivity contribution in [2.75, 3.05) is 19.8 Å². The van der Waals surface area contributed by atoms with Crippen LogP contribution in [0.2, 0.25) is 90.7 Å². The lowest BCUT2D eigenvalue weighted by Gasteiger charge is -2.49. The Morgan fingerprint density at radius 1 is 0.471 bits per heavy atom. The van der Waals surface area contributed by atoms with Crippen LogP contribution in [0.4, 0.5) is 0 Å². The molecule has 6 rings (SSSR count). The Balaban J connectivity index is 0.000000613. The lowest BCUT2D eigenvalue weighted by Crippen LogP contribution is -2.56. The maximum atomic E-state index is 9.30. The van der Waals surface area contributed by atoms with Crippen LogP contribution in [0.5, 0.6) is 0 Å². The normalized spacial score (nSPS) is 25.3. The Morgan fingerprint density at radius 3 is 1.22 bits per heavy atom. The number of aliphatic hydroxyl groups is 3. The molecule has 3 heterocycles. The molecule has 0 amide bonds. The summed E-state index contributed by atoms with van der Waals surface area (Å²) in [6, 6.07) is 32.3. The van der Waals surface area contributed by atoms with E-state index in [1.807, 2.05) is 6.26 Å². The predicted molar refractivity (Wildman–Crippen MR) is 389 cm³/mol. The zero-order valence-electron chi connectivity index (χ0n) is 60.7. The topological polar surface area (TPSA) is 135 Å². The lowest BCUT2D eigenvalue weighted by molar-refractivity contribution is -0.219. The lowest BCUT2D eigenvalue weighted by atomic mass is 9.93. The zero-order chi connectivity index (χ0) is 65.9. The number of hydrogen-bond acceptors (Lipinski definition) is 11. The quantitative estimate of drug-likeness (QED) is 0.0935. The number of ether oxygens (including phenoxy) is 3. The van der Waals surface area contributed by atoms with Crippen molar-refractivity contribution in [3.05, 3.63) is 103 Å². The molecule has 3 aromatic rings. The molecule has 18 heteroatoms. The number of halogens is 1. The third-order valence-electron chi connectivity index (χ3n) is 20.3. The predicted octanol–water partition coefficient (Wildman–Crippen LogP) is 17.3. The molecule has 3 aliphatic heterocycles. The van der Waals surface area contributed by atoms with Crippen molar-refractivity contribution in [1.29, 1.82) is 0 Å². The van der Waals surface area contributed by atoms with Crippen LogP contribution in [-0.2, 0) is 36.3 Å². The van der Waals surface area contributed by atoms with Gasteiger partial charge in [-0.3, -0.25) is 0 Å². The summed E-state index contributed by atoms with van der Waals surface area (Å²) in [7, 11) is -9.72. The molecule has 2 fully saturated rings. The van der Waals surface area contributed by atoms with E-state index in [2.05, 4.69) is 280 Å². The second-order valence-corrected chi connectivity index (χ2v) is 58.3. The number of rotatable bonds is 16. The van der Waals surface area contributed by atoms with Crippen LogP contribution in [0, 0.1) is 17.8 Å². The molecule has 87 heavy (non-hydrogen) atoms. The van der Waals surface area contributed by atoms with Gasteiger partial charge in [0.2, 0.25) is 0 Å². The molecule has 0 bridgehead atoms. The highest BCUT2D eigenvalue weighted by Gasteiger charge is 2.49. The standard InChI is InChI=1S/C25H56O4Si3.C19H40O3Si2.C18H15P.C7H14O4.BrH/c1-19-20(28-31(13,14)24(5,6)7)17-22(29-32(15,16)25(8,9)10)27-21(19)18-26-30(11,12)23(2,3)4;1-15-16(22-24(10,11)19(5,6)7)12-13-20-17(15)14-21-23(8,9)18(2,3)4;1-4-10-16(11-5-1)19(17-12-6-2-7-13-17)18-14-8-3-9-15-18;1-4-5(9)2-7(10)11-6(4)3-8;/h19-22H,17-18H2,1-16H3;12-13,15-17H,14H2,1-11H3;1-15H;4-10H,2-3H2,1H3;1H/p+1. The molecule has 0 saturated carbocycles. The first-order valence-corrected chi connectivity index (χ1v) is 47.8. The van der Waals surface area contributed by atoms with Crippen molar-refractivity contribution in [3.63, 3.8) is 0 Å². The van der Waals surface area contributed by atoms with E-state index >= 15 is 0 Å². The first kappa shape index (κ1) is 81.9. The molecule has 11 atom stereocenters. The van der Waals surface area contributed by atoms with Gasteiger partial charge < -0.3 is 51.7 Å². The van der Waals surface area contributed by atoms with Crippen LogP contribution in [0.15, 0.2) is 103 Å². The van der Waals surface area contributed by atoms with Crippen molar-refractivity contribution in [2.24, 2.45) is 17.8 Å². The Labute approximate surface area is 550 Å². The Morgan fingerprint density at radius 2 is 0.839 bits per heavy atom. The first-order valence-electron chi connectivity index (χ1n) is 32.0. The summed E-state index contributed by atoms with van der Waals surface area (Å²) in [4.78, 5) is 0. The molecule has 0 spiro atoms. The summed E-state index contributed by atoms with van der Waals surface area (Å²) in [6.45, 7) is 64.8. The van der Waals surface area contributed by atoms with Crippen molar-refractivity contribution in [3.8, 4) is 0 Å². The number of hydrogen-bond donors (Lipinski definition) is 3. The van der Waals surface area contributed by atoms with Gasteiger partial charge in [-0.2, -0.15) is 0 Å². The van der Waals surface area contributed by atoms with E-state index < -0.39 is 68.0 Å². The molecule has 0 aromatic heterocycles. The summed E-state index contributed by atoms with van der Waals surface area (Å²) in [5.74, 6) is 0.463. The second-order valence-electron chi connectivity index (χ2n) is 32.2. The van der Waals surface area contributed by atoms with Crippen LogP contribution >= 0.6 is 24.9 Å². The molecule has 0 aliphatic carbocycles. The molecule has 3 N–H and O–H groups in total. The molecule has 11 nitrogen and oxygen atoms in total. The summed E-state index contributed by atoms with van der Waals surface area (Å²) < 4.78 is 50.8. The molecule has 500 valence electrons. The van der Waals surface area contributed by atoms with Gasteiger partial charge in [-0.1, -0.05) is 216 Å². The summed E-state index contributed by atoms with van der Waals surface area (Å²) in [5.41, 5.74) is 0. The number of aliphatic hydroxyl groups excluding tert-OH is 3. The molecule has 11 unspecified atom stereocenters. The Bertz CT molecular complexity index is 2370. The van der Waals surface area contributed by atoms with Gasteiger partial charge in [0.1, 0.15) is 6.10 Å². The van der Waals surface area contributed by atoms with Gasteiger partial charge in [0.05, 0.1) is 56.6 Å². The highest BCUT2D eigenvalue weighted by molar-refractivity contribution is 8.93. The molecular weight excluding hydrogens is 1260 g/mol. The van der Waals surface area contributed by atoms with Crippen LogP contribution in [-0.4, -0.2) is 126 Å². The minimum Gasteiger partial charge on any atom is -0.496 e. The fourth-order valence-corrected chi connectivity index (χ4v) is 16.8. The van der Waals surface area contributed by atoms with Crippen LogP contribution in [0.1, 0.15) is 139 Å². The summed E-state index contributed by atoms with van der Waals surface area (Å²) >= 11 is 0. The van der Waals surface area contributed by atoms with Crippen molar-refractivity contribution in [2.45, 2.75) is 277 Å². The van der Waals surface area contributed by atoms with E-state index in [0.717, 1.165) is 6.42 Å². The Kier molecular flexibility index (Phi) is 31.3. The monoisotopic (exact) mass is 1380 g/mol. The van der Waals surface area contributed by atoms with E-state index in [1.165, 1.54) is 15.9 Å². The van der Waals surface area contributed by atoms with Gasteiger partial charge in [0.25, 0.3) is 0 Å². The third kappa shape index (κ3) is 24.3. The third-order valence-corrected chi connectivity index (χ3v) is 45.2.